The molecule has 2 aromatic rings. The molecule has 0 saturated carbocycles. The highest BCUT2D eigenvalue weighted by Crippen LogP contribution is 2.33. The maximum Gasteiger partial charge on any atom is 0.0786 e. The summed E-state index contributed by atoms with van der Waals surface area (Å²) in [7, 11) is 0. The summed E-state index contributed by atoms with van der Waals surface area (Å²) in [6.07, 6.45) is 9.12. The van der Waals surface area contributed by atoms with Crippen molar-refractivity contribution >= 4 is 32.1 Å². The summed E-state index contributed by atoms with van der Waals surface area (Å²) in [5, 5.41) is 0. The van der Waals surface area contributed by atoms with Crippen molar-refractivity contribution in [3.05, 3.63) is 21.9 Å². The van der Waals surface area contributed by atoms with Gasteiger partial charge < -0.3 is 0 Å². The van der Waals surface area contributed by atoms with Crippen molar-refractivity contribution in [2.24, 2.45) is 0 Å². The molecule has 14 heavy (non-hydrogen) atoms. The molecule has 0 bridgehead atoms. The van der Waals surface area contributed by atoms with Gasteiger partial charge in [-0.1, -0.05) is 19.3 Å². The second-order valence-electron chi connectivity index (χ2n) is 3.30. The monoisotopic (exact) mass is 220 g/mol. The van der Waals surface area contributed by atoms with E-state index in [1.807, 2.05) is 11.3 Å². The van der Waals surface area contributed by atoms with Crippen LogP contribution in [0.2, 0.25) is 0 Å². The van der Waals surface area contributed by atoms with Crippen LogP contribution in [0.3, 0.4) is 0 Å². The Bertz CT molecular complexity index is 436. The van der Waals surface area contributed by atoms with Gasteiger partial charge in [0, 0.05) is 14.3 Å². The Labute approximate surface area is 92.6 Å². The Kier molecular flexibility index (Phi) is 2.90. The zero-order valence-electron chi connectivity index (χ0n) is 8.17. The second-order valence-corrected chi connectivity index (χ2v) is 5.55. The van der Waals surface area contributed by atoms with E-state index in [4.69, 9.17) is 6.42 Å². The van der Waals surface area contributed by atoms with Crippen LogP contribution in [0.4, 0.5) is 0 Å². The van der Waals surface area contributed by atoms with Crippen LogP contribution in [0.1, 0.15) is 29.5 Å². The van der Waals surface area contributed by atoms with E-state index < -0.39 is 0 Å². The molecule has 2 aromatic heterocycles. The largest absolute Gasteiger partial charge is 0.139 e. The lowest BCUT2D eigenvalue weighted by Gasteiger charge is -1.91. The highest BCUT2D eigenvalue weighted by atomic mass is 32.1. The summed E-state index contributed by atoms with van der Waals surface area (Å²) in [6, 6.07) is 4.42. The Morgan fingerprint density at radius 2 is 2.07 bits per heavy atom. The predicted octanol–water partition coefficient (Wildman–Crippen LogP) is 4.29. The zero-order valence-corrected chi connectivity index (χ0v) is 9.80. The molecular weight excluding hydrogens is 208 g/mol. The molecule has 0 atom stereocenters. The highest BCUT2D eigenvalue weighted by molar-refractivity contribution is 7.28. The molecular formula is C12H12S2. The number of rotatable bonds is 3. The lowest BCUT2D eigenvalue weighted by atomic mass is 10.2. The fourth-order valence-electron chi connectivity index (χ4n) is 1.43. The SMILES string of the molecule is C#Cc1cc2sc(CCCC)cc2s1. The molecule has 0 aromatic carbocycles. The Morgan fingerprint density at radius 1 is 1.29 bits per heavy atom. The summed E-state index contributed by atoms with van der Waals surface area (Å²) < 4.78 is 2.71. The molecule has 2 heterocycles. The number of terminal acetylenes is 1. The first kappa shape index (κ1) is 9.76. The molecule has 0 radical (unpaired) electrons. The van der Waals surface area contributed by atoms with Crippen molar-refractivity contribution < 1.29 is 0 Å². The van der Waals surface area contributed by atoms with Gasteiger partial charge in [-0.05, 0) is 25.0 Å². The van der Waals surface area contributed by atoms with Gasteiger partial charge in [0.25, 0.3) is 0 Å². The Hall–Kier alpha value is -0.780. The van der Waals surface area contributed by atoms with Crippen molar-refractivity contribution in [3.8, 4) is 12.3 Å². The van der Waals surface area contributed by atoms with Gasteiger partial charge >= 0.3 is 0 Å². The molecule has 0 unspecified atom stereocenters. The van der Waals surface area contributed by atoms with E-state index in [2.05, 4.69) is 25.0 Å². The van der Waals surface area contributed by atoms with E-state index in [1.54, 1.807) is 11.3 Å². The van der Waals surface area contributed by atoms with Crippen molar-refractivity contribution in [1.82, 2.24) is 0 Å². The maximum atomic E-state index is 5.36. The highest BCUT2D eigenvalue weighted by Gasteiger charge is 2.04. The summed E-state index contributed by atoms with van der Waals surface area (Å²) in [6.45, 7) is 2.23. The van der Waals surface area contributed by atoms with Crippen LogP contribution in [-0.2, 0) is 6.42 Å². The molecule has 0 N–H and O–H groups in total. The van der Waals surface area contributed by atoms with Crippen LogP contribution in [0, 0.1) is 12.3 Å². The van der Waals surface area contributed by atoms with Crippen LogP contribution < -0.4 is 0 Å². The van der Waals surface area contributed by atoms with Gasteiger partial charge in [-0.2, -0.15) is 0 Å². The lowest BCUT2D eigenvalue weighted by Crippen LogP contribution is -1.76. The quantitative estimate of drug-likeness (QED) is 0.677. The molecule has 0 aliphatic carbocycles. The summed E-state index contributed by atoms with van der Waals surface area (Å²) in [4.78, 5) is 2.55. The first-order valence-electron chi connectivity index (χ1n) is 4.82. The minimum atomic E-state index is 1.05. The van der Waals surface area contributed by atoms with Gasteiger partial charge in [0.1, 0.15) is 0 Å². The van der Waals surface area contributed by atoms with Gasteiger partial charge in [-0.25, -0.2) is 0 Å². The molecule has 2 rings (SSSR count). The standard InChI is InChI=1S/C12H12S2/c1-3-5-6-10-8-12-11(14-10)7-9(4-2)13-12/h2,7-8H,3,5-6H2,1H3. The minimum absolute atomic E-state index is 1.05. The van der Waals surface area contributed by atoms with Gasteiger partial charge in [0.2, 0.25) is 0 Å². The van der Waals surface area contributed by atoms with Crippen LogP contribution in [0.25, 0.3) is 9.40 Å². The summed E-state index contributed by atoms with van der Waals surface area (Å²) >= 11 is 3.61. The first-order chi connectivity index (χ1) is 6.83. The zero-order chi connectivity index (χ0) is 9.97. The third kappa shape index (κ3) is 1.84. The molecule has 0 saturated heterocycles. The molecule has 0 fully saturated rings. The lowest BCUT2D eigenvalue weighted by molar-refractivity contribution is 0.804. The predicted molar refractivity (Wildman–Crippen MR) is 66.2 cm³/mol. The average Bonchev–Trinajstić information content (AvgIpc) is 2.71. The van der Waals surface area contributed by atoms with E-state index in [0.29, 0.717) is 0 Å². The van der Waals surface area contributed by atoms with Gasteiger partial charge in [-0.15, -0.1) is 29.1 Å². The van der Waals surface area contributed by atoms with Crippen molar-refractivity contribution in [3.63, 3.8) is 0 Å². The number of hydrogen-bond acceptors (Lipinski definition) is 2. The Balaban J connectivity index is 2.27. The molecule has 72 valence electrons. The van der Waals surface area contributed by atoms with Gasteiger partial charge in [0.15, 0.2) is 0 Å². The minimum Gasteiger partial charge on any atom is -0.139 e. The topological polar surface area (TPSA) is 0 Å². The number of hydrogen-bond donors (Lipinski definition) is 0. The smallest absolute Gasteiger partial charge is 0.0786 e. The van der Waals surface area contributed by atoms with Gasteiger partial charge in [0.05, 0.1) is 4.88 Å². The molecule has 0 amide bonds. The number of aryl methyl sites for hydroxylation is 1. The fourth-order valence-corrected chi connectivity index (χ4v) is 3.71. The third-order valence-corrected chi connectivity index (χ3v) is 4.46. The number of unbranched alkanes of at least 4 members (excludes halogenated alkanes) is 1. The number of thiophene rings is 2. The van der Waals surface area contributed by atoms with E-state index in [9.17, 15) is 0 Å². The van der Waals surface area contributed by atoms with Crippen LogP contribution in [0.5, 0.6) is 0 Å². The summed E-state index contributed by atoms with van der Waals surface area (Å²) in [5.41, 5.74) is 0. The maximum absolute atomic E-state index is 5.36. The normalized spacial score (nSPS) is 10.6. The van der Waals surface area contributed by atoms with E-state index in [0.717, 1.165) is 4.88 Å². The van der Waals surface area contributed by atoms with E-state index in [-0.39, 0.29) is 0 Å². The third-order valence-electron chi connectivity index (χ3n) is 2.18. The summed E-state index contributed by atoms with van der Waals surface area (Å²) in [5.74, 6) is 2.69. The fraction of sp³-hybridized carbons (Fsp3) is 0.333. The van der Waals surface area contributed by atoms with E-state index >= 15 is 0 Å². The first-order valence-corrected chi connectivity index (χ1v) is 6.45. The number of fused-ring (bicyclic) bond motifs is 1. The van der Waals surface area contributed by atoms with E-state index in [1.165, 1.54) is 33.5 Å². The van der Waals surface area contributed by atoms with Crippen molar-refractivity contribution in [2.75, 3.05) is 0 Å². The average molecular weight is 220 g/mol. The van der Waals surface area contributed by atoms with Crippen LogP contribution in [0.15, 0.2) is 12.1 Å². The van der Waals surface area contributed by atoms with Crippen molar-refractivity contribution in [1.29, 1.82) is 0 Å². The second kappa shape index (κ2) is 4.16. The molecule has 0 aliphatic heterocycles. The van der Waals surface area contributed by atoms with Crippen molar-refractivity contribution in [2.45, 2.75) is 26.2 Å². The molecule has 0 nitrogen and oxygen atoms in total. The molecule has 0 aliphatic rings. The van der Waals surface area contributed by atoms with Gasteiger partial charge in [-0.3, -0.25) is 0 Å². The van der Waals surface area contributed by atoms with Crippen LogP contribution in [-0.4, -0.2) is 0 Å². The van der Waals surface area contributed by atoms with Crippen LogP contribution >= 0.6 is 22.7 Å². The molecule has 2 heteroatoms. The molecule has 0 spiro atoms. The Morgan fingerprint density at radius 3 is 2.71 bits per heavy atom.